The highest BCUT2D eigenvalue weighted by Gasteiger charge is 2.36. The number of nitrogens with one attached hydrogen (secondary N) is 2. The van der Waals surface area contributed by atoms with E-state index in [9.17, 15) is 0 Å². The van der Waals surface area contributed by atoms with Crippen LogP contribution >= 0.6 is 0 Å². The minimum absolute atomic E-state index is 0.267. The molecule has 0 aromatic carbocycles. The average Bonchev–Trinajstić information content (AvgIpc) is 2.32. The maximum atomic E-state index is 5.56. The van der Waals surface area contributed by atoms with Crippen molar-refractivity contribution >= 4 is 0 Å². The first-order valence-corrected chi connectivity index (χ1v) is 4.15. The zero-order chi connectivity index (χ0) is 7.57. The Kier molecular flexibility index (Phi) is 2.09. The molecule has 2 heterocycles. The molecule has 0 aromatic rings. The van der Waals surface area contributed by atoms with Crippen LogP contribution in [0.1, 0.15) is 12.8 Å². The Balaban J connectivity index is 1.97. The molecule has 1 spiro atoms. The predicted octanol–water partition coefficient (Wildman–Crippen LogP) is -0.382. The van der Waals surface area contributed by atoms with Crippen molar-refractivity contribution in [2.75, 3.05) is 26.3 Å². The largest absolute Gasteiger partial charge is 0.347 e. The minimum Gasteiger partial charge on any atom is -0.347 e. The second kappa shape index (κ2) is 3.06. The van der Waals surface area contributed by atoms with Crippen LogP contribution in [0.5, 0.6) is 0 Å². The molecule has 4 heteroatoms. The van der Waals surface area contributed by atoms with Crippen molar-refractivity contribution in [3.63, 3.8) is 0 Å². The van der Waals surface area contributed by atoms with Crippen LogP contribution in [0, 0.1) is 0 Å². The molecule has 0 aromatic heterocycles. The van der Waals surface area contributed by atoms with Gasteiger partial charge in [-0.2, -0.15) is 0 Å². The van der Waals surface area contributed by atoms with Crippen LogP contribution in [0.25, 0.3) is 0 Å². The van der Waals surface area contributed by atoms with E-state index < -0.39 is 0 Å². The van der Waals surface area contributed by atoms with Gasteiger partial charge in [-0.15, -0.1) is 0 Å². The van der Waals surface area contributed by atoms with Crippen molar-refractivity contribution in [3.8, 4) is 0 Å². The molecule has 11 heavy (non-hydrogen) atoms. The quantitative estimate of drug-likeness (QED) is 0.504. The van der Waals surface area contributed by atoms with E-state index in [2.05, 4.69) is 10.9 Å². The van der Waals surface area contributed by atoms with Crippen LogP contribution in [0.2, 0.25) is 0 Å². The van der Waals surface area contributed by atoms with Gasteiger partial charge in [0, 0.05) is 25.9 Å². The summed E-state index contributed by atoms with van der Waals surface area (Å²) < 4.78 is 11.1. The van der Waals surface area contributed by atoms with Gasteiger partial charge in [0.15, 0.2) is 5.79 Å². The fraction of sp³-hybridized carbons (Fsp3) is 1.00. The first-order valence-electron chi connectivity index (χ1n) is 4.15. The van der Waals surface area contributed by atoms with E-state index >= 15 is 0 Å². The second-order valence-electron chi connectivity index (χ2n) is 2.96. The summed E-state index contributed by atoms with van der Waals surface area (Å²) in [6.45, 7) is 3.33. The summed E-state index contributed by atoms with van der Waals surface area (Å²) in [6, 6.07) is 0. The third-order valence-electron chi connectivity index (χ3n) is 2.20. The van der Waals surface area contributed by atoms with Crippen LogP contribution < -0.4 is 10.9 Å². The van der Waals surface area contributed by atoms with E-state index in [1.165, 1.54) is 0 Å². The lowest BCUT2D eigenvalue weighted by Gasteiger charge is -2.24. The van der Waals surface area contributed by atoms with Crippen molar-refractivity contribution in [1.29, 1.82) is 0 Å². The maximum absolute atomic E-state index is 5.56. The van der Waals surface area contributed by atoms with Gasteiger partial charge in [-0.25, -0.2) is 0 Å². The molecule has 0 unspecified atom stereocenters. The molecule has 2 saturated heterocycles. The lowest BCUT2D eigenvalue weighted by molar-refractivity contribution is -0.161. The zero-order valence-corrected chi connectivity index (χ0v) is 6.56. The van der Waals surface area contributed by atoms with E-state index in [1.54, 1.807) is 0 Å². The fourth-order valence-electron chi connectivity index (χ4n) is 1.59. The molecule has 2 rings (SSSR count). The summed E-state index contributed by atoms with van der Waals surface area (Å²) in [5, 5.41) is 0. The molecule has 0 aliphatic carbocycles. The van der Waals surface area contributed by atoms with Crippen LogP contribution in [0.15, 0.2) is 0 Å². The summed E-state index contributed by atoms with van der Waals surface area (Å²) in [5.41, 5.74) is 6.18. The Morgan fingerprint density at radius 1 is 0.909 bits per heavy atom. The van der Waals surface area contributed by atoms with Gasteiger partial charge in [-0.1, -0.05) is 0 Å². The summed E-state index contributed by atoms with van der Waals surface area (Å²) in [6.07, 6.45) is 1.89. The Morgan fingerprint density at radius 2 is 1.45 bits per heavy atom. The number of rotatable bonds is 0. The van der Waals surface area contributed by atoms with Crippen LogP contribution in [0.4, 0.5) is 0 Å². The van der Waals surface area contributed by atoms with Crippen LogP contribution in [0.3, 0.4) is 0 Å². The molecule has 0 radical (unpaired) electrons. The number of hydrazine groups is 1. The molecule has 0 bridgehead atoms. The molecular weight excluding hydrogens is 144 g/mol. The van der Waals surface area contributed by atoms with E-state index in [-0.39, 0.29) is 5.79 Å². The normalized spacial score (nSPS) is 30.5. The Labute approximate surface area is 66.2 Å². The lowest BCUT2D eigenvalue weighted by Crippen LogP contribution is -2.31. The smallest absolute Gasteiger partial charge is 0.171 e. The van der Waals surface area contributed by atoms with Gasteiger partial charge in [0.05, 0.1) is 13.2 Å². The standard InChI is InChI=1S/C7H14N2O2/c1-3-8-9-4-2-7(1)10-5-6-11-7/h8-9H,1-6H2. The summed E-state index contributed by atoms with van der Waals surface area (Å²) in [4.78, 5) is 0. The van der Waals surface area contributed by atoms with Gasteiger partial charge in [-0.05, 0) is 0 Å². The van der Waals surface area contributed by atoms with Crippen molar-refractivity contribution in [2.24, 2.45) is 0 Å². The third kappa shape index (κ3) is 1.54. The number of ether oxygens (including phenoxy) is 2. The molecular formula is C7H14N2O2. The number of hydrogen-bond donors (Lipinski definition) is 2. The van der Waals surface area contributed by atoms with E-state index in [0.717, 1.165) is 39.1 Å². The van der Waals surface area contributed by atoms with Gasteiger partial charge < -0.3 is 9.47 Å². The predicted molar refractivity (Wildman–Crippen MR) is 39.9 cm³/mol. The summed E-state index contributed by atoms with van der Waals surface area (Å²) >= 11 is 0. The van der Waals surface area contributed by atoms with Crippen LogP contribution in [-0.4, -0.2) is 32.1 Å². The van der Waals surface area contributed by atoms with Crippen molar-refractivity contribution in [2.45, 2.75) is 18.6 Å². The zero-order valence-electron chi connectivity index (χ0n) is 6.56. The average molecular weight is 158 g/mol. The van der Waals surface area contributed by atoms with E-state index in [1.807, 2.05) is 0 Å². The van der Waals surface area contributed by atoms with E-state index in [0.29, 0.717) is 0 Å². The highest BCUT2D eigenvalue weighted by Crippen LogP contribution is 2.26. The van der Waals surface area contributed by atoms with Crippen LogP contribution in [-0.2, 0) is 9.47 Å². The van der Waals surface area contributed by atoms with Gasteiger partial charge in [-0.3, -0.25) is 10.9 Å². The molecule has 2 aliphatic heterocycles. The monoisotopic (exact) mass is 158 g/mol. The maximum Gasteiger partial charge on any atom is 0.171 e. The Bertz CT molecular complexity index is 124. The third-order valence-corrected chi connectivity index (χ3v) is 2.20. The highest BCUT2D eigenvalue weighted by atomic mass is 16.7. The molecule has 4 nitrogen and oxygen atoms in total. The SMILES string of the molecule is C1CC2(CCNN1)OCCO2. The van der Waals surface area contributed by atoms with Gasteiger partial charge in [0.1, 0.15) is 0 Å². The summed E-state index contributed by atoms with van der Waals surface area (Å²) in [5.74, 6) is -0.267. The Hall–Kier alpha value is -0.160. The van der Waals surface area contributed by atoms with Gasteiger partial charge >= 0.3 is 0 Å². The number of hydrogen-bond acceptors (Lipinski definition) is 4. The second-order valence-corrected chi connectivity index (χ2v) is 2.96. The molecule has 2 fully saturated rings. The lowest BCUT2D eigenvalue weighted by atomic mass is 10.1. The fourth-order valence-corrected chi connectivity index (χ4v) is 1.59. The highest BCUT2D eigenvalue weighted by molar-refractivity contribution is 4.77. The topological polar surface area (TPSA) is 42.5 Å². The van der Waals surface area contributed by atoms with Crippen molar-refractivity contribution in [1.82, 2.24) is 10.9 Å². The van der Waals surface area contributed by atoms with Crippen molar-refractivity contribution in [3.05, 3.63) is 0 Å². The molecule has 0 saturated carbocycles. The van der Waals surface area contributed by atoms with Gasteiger partial charge in [0.25, 0.3) is 0 Å². The van der Waals surface area contributed by atoms with Crippen molar-refractivity contribution < 1.29 is 9.47 Å². The molecule has 0 amide bonds. The molecule has 2 aliphatic rings. The van der Waals surface area contributed by atoms with E-state index in [4.69, 9.17) is 9.47 Å². The molecule has 2 N–H and O–H groups in total. The molecule has 64 valence electrons. The Morgan fingerprint density at radius 3 is 2.00 bits per heavy atom. The first-order chi connectivity index (χ1) is 5.41. The minimum atomic E-state index is -0.267. The molecule has 0 atom stereocenters. The summed E-state index contributed by atoms with van der Waals surface area (Å²) in [7, 11) is 0. The first kappa shape index (κ1) is 7.49. The van der Waals surface area contributed by atoms with Gasteiger partial charge in [0.2, 0.25) is 0 Å².